The molecule has 0 N–H and O–H groups in total. The van der Waals surface area contributed by atoms with E-state index in [1.165, 1.54) is 60.5 Å². The van der Waals surface area contributed by atoms with Gasteiger partial charge in [-0.3, -0.25) is 15.0 Å². The van der Waals surface area contributed by atoms with E-state index in [1.807, 2.05) is 48.9 Å². The van der Waals surface area contributed by atoms with Crippen LogP contribution in [0.2, 0.25) is 0 Å². The van der Waals surface area contributed by atoms with Gasteiger partial charge in [-0.15, -0.1) is 54.1 Å². The van der Waals surface area contributed by atoms with E-state index < -0.39 is 0 Å². The van der Waals surface area contributed by atoms with E-state index >= 15 is 0 Å². The molecule has 401 valence electrons. The maximum absolute atomic E-state index is 7.02. The second-order valence-electron chi connectivity index (χ2n) is 23.4. The predicted octanol–water partition coefficient (Wildman–Crippen LogP) is 20.5. The maximum Gasteiger partial charge on any atom is 0.136 e. The van der Waals surface area contributed by atoms with Crippen LogP contribution in [-0.4, -0.2) is 19.5 Å². The smallest absolute Gasteiger partial charge is 0.136 e. The Balaban J connectivity index is 0.000000342. The van der Waals surface area contributed by atoms with Crippen LogP contribution in [0.3, 0.4) is 0 Å². The van der Waals surface area contributed by atoms with Gasteiger partial charge in [-0.1, -0.05) is 172 Å². The normalized spacial score (nSPS) is 12.0. The van der Waals surface area contributed by atoms with E-state index in [0.717, 1.165) is 83.7 Å². The van der Waals surface area contributed by atoms with E-state index in [0.29, 0.717) is 11.8 Å². The summed E-state index contributed by atoms with van der Waals surface area (Å²) in [7, 11) is 0. The molecule has 0 amide bonds. The number of rotatable bonds is 9. The Labute approximate surface area is 483 Å². The number of nitrogens with zero attached hydrogens (tertiary/aromatic N) is 4. The molecule has 4 heterocycles. The molecule has 0 saturated heterocycles. The summed E-state index contributed by atoms with van der Waals surface area (Å²) in [5, 5.41) is 7.99. The van der Waals surface area contributed by atoms with Gasteiger partial charge in [-0.2, -0.15) is 0 Å². The van der Waals surface area contributed by atoms with Crippen LogP contribution in [0.1, 0.15) is 128 Å². The van der Waals surface area contributed by atoms with Crippen LogP contribution in [0.25, 0.3) is 116 Å². The van der Waals surface area contributed by atoms with Gasteiger partial charge in [0, 0.05) is 65.5 Å². The van der Waals surface area contributed by atoms with Crippen LogP contribution in [0, 0.1) is 12.1 Å². The van der Waals surface area contributed by atoms with Gasteiger partial charge >= 0.3 is 0 Å². The molecule has 0 aliphatic rings. The number of fused-ring (bicyclic) bond motifs is 8. The molecule has 9 aromatic carbocycles. The molecule has 13 aromatic rings. The SMILES string of the molecule is CC(C)(C)c1ccnc(-c2[c-]cccc2)n1.CC(C)c1cccc(C(C)C)c1-c1coc2cc3nc(-c4[c-]ccc5c4oc4cc6c(ccc7ccccc76)cc45)n(-c4c(C(C)C)cc(-c5ccccc5)cc4C(C)C)c3cc12.[Ir]. The summed E-state index contributed by atoms with van der Waals surface area (Å²) >= 11 is 0. The summed E-state index contributed by atoms with van der Waals surface area (Å²) in [5.74, 6) is 2.63. The van der Waals surface area contributed by atoms with Crippen LogP contribution < -0.4 is 0 Å². The Hall–Kier alpha value is -7.96. The van der Waals surface area contributed by atoms with E-state index in [9.17, 15) is 0 Å². The maximum atomic E-state index is 7.02. The topological polar surface area (TPSA) is 69.9 Å². The fourth-order valence-electron chi connectivity index (χ4n) is 11.5. The van der Waals surface area contributed by atoms with E-state index in [1.54, 1.807) is 0 Å². The Morgan fingerprint density at radius 2 is 1.21 bits per heavy atom. The standard InChI is InChI=1S/C59H51N2O2.C14H15N2.Ir/c1-33(2)41-20-14-21-42(34(3)4)56(41)51-32-62-54-31-52-53(29-50(51)54)61(57-46(35(5)6)27-40(28-47(57)36(7)8)37-16-10-9-11-17-37)59(60-52)45-23-15-22-44-49-26-39-25-24-38-18-12-13-19-43(38)48(39)30-55(49)63-58(44)45;1-14(2,3)12-9-10-15-13(16-12)11-7-5-4-6-8-11;/h9-22,24-36H,1-8H3;4-7,9-10H,1-3H3;/q2*-1;. The molecule has 7 heteroatoms. The van der Waals surface area contributed by atoms with Gasteiger partial charge in [0.2, 0.25) is 0 Å². The predicted molar refractivity (Wildman–Crippen MR) is 330 cm³/mol. The van der Waals surface area contributed by atoms with Crippen molar-refractivity contribution in [3.8, 4) is 50.7 Å². The summed E-state index contributed by atoms with van der Waals surface area (Å²) in [6, 6.07) is 65.0. The zero-order chi connectivity index (χ0) is 54.9. The fraction of sp³-hybridized carbons (Fsp3) is 0.219. The summed E-state index contributed by atoms with van der Waals surface area (Å²) in [5.41, 5.74) is 18.3. The Bertz CT molecular complexity index is 4360. The molecule has 0 atom stereocenters. The molecular weight excluding hydrogens is 1160 g/mol. The van der Waals surface area contributed by atoms with Crippen LogP contribution in [0.4, 0.5) is 0 Å². The summed E-state index contributed by atoms with van der Waals surface area (Å²) in [6.45, 7) is 24.8. The number of benzene rings is 9. The molecule has 13 rings (SSSR count). The largest absolute Gasteiger partial charge is 0.501 e. The summed E-state index contributed by atoms with van der Waals surface area (Å²) in [6.07, 6.45) is 3.77. The first-order valence-corrected chi connectivity index (χ1v) is 27.9. The molecule has 0 fully saturated rings. The first-order valence-electron chi connectivity index (χ1n) is 27.9. The van der Waals surface area contributed by atoms with Gasteiger partial charge in [0.1, 0.15) is 11.2 Å². The Morgan fingerprint density at radius 3 is 1.90 bits per heavy atom. The van der Waals surface area contributed by atoms with Crippen LogP contribution in [0.15, 0.2) is 185 Å². The van der Waals surface area contributed by atoms with Gasteiger partial charge in [0.05, 0.1) is 34.5 Å². The summed E-state index contributed by atoms with van der Waals surface area (Å²) in [4.78, 5) is 14.4. The molecule has 0 aliphatic carbocycles. The number of aromatic nitrogens is 4. The molecule has 0 aliphatic heterocycles. The summed E-state index contributed by atoms with van der Waals surface area (Å²) < 4.78 is 16.0. The van der Waals surface area contributed by atoms with Gasteiger partial charge in [-0.25, -0.2) is 0 Å². The zero-order valence-corrected chi connectivity index (χ0v) is 49.9. The van der Waals surface area contributed by atoms with Gasteiger partial charge < -0.3 is 13.4 Å². The van der Waals surface area contributed by atoms with Gasteiger partial charge in [0.15, 0.2) is 0 Å². The molecule has 0 bridgehead atoms. The van der Waals surface area contributed by atoms with Crippen LogP contribution in [0.5, 0.6) is 0 Å². The van der Waals surface area contributed by atoms with E-state index in [2.05, 4.69) is 230 Å². The van der Waals surface area contributed by atoms with Crippen LogP contribution in [-0.2, 0) is 25.5 Å². The second-order valence-corrected chi connectivity index (χ2v) is 23.4. The quantitative estimate of drug-likeness (QED) is 0.106. The third kappa shape index (κ3) is 9.75. The number of hydrogen-bond donors (Lipinski definition) is 0. The van der Waals surface area contributed by atoms with E-state index in [-0.39, 0.29) is 37.4 Å². The number of hydrogen-bond acceptors (Lipinski definition) is 5. The fourth-order valence-corrected chi connectivity index (χ4v) is 11.5. The molecule has 0 spiro atoms. The van der Waals surface area contributed by atoms with Crippen molar-refractivity contribution < 1.29 is 28.9 Å². The molecule has 0 saturated carbocycles. The zero-order valence-electron chi connectivity index (χ0n) is 47.5. The molecule has 0 unspecified atom stereocenters. The Kier molecular flexibility index (Phi) is 14.6. The molecule has 1 radical (unpaired) electrons. The van der Waals surface area contributed by atoms with Crippen molar-refractivity contribution in [2.24, 2.45) is 0 Å². The van der Waals surface area contributed by atoms with Crippen molar-refractivity contribution >= 4 is 65.5 Å². The van der Waals surface area contributed by atoms with Crippen LogP contribution >= 0.6 is 0 Å². The van der Waals surface area contributed by atoms with Crippen molar-refractivity contribution in [2.75, 3.05) is 0 Å². The minimum absolute atomic E-state index is 0. The van der Waals surface area contributed by atoms with Gasteiger partial charge in [-0.05, 0) is 121 Å². The average Bonchev–Trinajstić information content (AvgIpc) is 3.57. The minimum Gasteiger partial charge on any atom is -0.501 e. The monoisotopic (exact) mass is 1220 g/mol. The molecule has 6 nitrogen and oxygen atoms in total. The minimum atomic E-state index is 0. The van der Waals surface area contributed by atoms with Crippen molar-refractivity contribution in [1.29, 1.82) is 0 Å². The number of furan rings is 2. The van der Waals surface area contributed by atoms with Crippen molar-refractivity contribution in [1.82, 2.24) is 19.5 Å². The molecule has 80 heavy (non-hydrogen) atoms. The van der Waals surface area contributed by atoms with Gasteiger partial charge in [0.25, 0.3) is 0 Å². The first-order chi connectivity index (χ1) is 38.1. The molecule has 4 aromatic heterocycles. The van der Waals surface area contributed by atoms with E-state index in [4.69, 9.17) is 13.8 Å². The Morgan fingerprint density at radius 1 is 0.525 bits per heavy atom. The third-order valence-electron chi connectivity index (χ3n) is 15.6. The second kappa shape index (κ2) is 21.6. The molecular formula is C73H66IrN4O2-2. The third-order valence-corrected chi connectivity index (χ3v) is 15.6. The van der Waals surface area contributed by atoms with Crippen molar-refractivity contribution in [3.05, 3.63) is 216 Å². The van der Waals surface area contributed by atoms with Crippen molar-refractivity contribution in [3.63, 3.8) is 0 Å². The average molecular weight is 1220 g/mol. The number of imidazole rings is 1. The first kappa shape index (κ1) is 54.0. The van der Waals surface area contributed by atoms with Crippen molar-refractivity contribution in [2.45, 2.75) is 105 Å².